The predicted octanol–water partition coefficient (Wildman–Crippen LogP) is 0.853. The average molecular weight is 368 g/mol. The lowest BCUT2D eigenvalue weighted by Crippen LogP contribution is -2.47. The van der Waals surface area contributed by atoms with Gasteiger partial charge in [0.05, 0.1) is 13.2 Å². The number of carbonyl (C=O) groups is 2. The number of amides is 2. The topological polar surface area (TPSA) is 104 Å². The number of nitrogens with zero attached hydrogens (tertiary/aromatic N) is 1. The van der Waals surface area contributed by atoms with Crippen molar-refractivity contribution in [1.29, 1.82) is 0 Å². The van der Waals surface area contributed by atoms with Crippen LogP contribution in [0.2, 0.25) is 0 Å². The van der Waals surface area contributed by atoms with E-state index in [0.29, 0.717) is 0 Å². The van der Waals surface area contributed by atoms with E-state index in [-0.39, 0.29) is 38.1 Å². The third kappa shape index (κ3) is 3.22. The number of rotatable bonds is 8. The SMILES string of the molecule is NC(=O)C1(C(=O)N(CCO)CCO)[C@@H](c2ccccc2)[C@@H]1c1ccccc1. The summed E-state index contributed by atoms with van der Waals surface area (Å²) in [5.41, 5.74) is 6.12. The van der Waals surface area contributed by atoms with Crippen molar-refractivity contribution < 1.29 is 19.8 Å². The molecule has 4 N–H and O–H groups in total. The molecule has 0 radical (unpaired) electrons. The molecule has 6 heteroatoms. The number of carbonyl (C=O) groups excluding carboxylic acids is 2. The maximum Gasteiger partial charge on any atom is 0.239 e. The van der Waals surface area contributed by atoms with Crippen molar-refractivity contribution in [3.8, 4) is 0 Å². The molecule has 0 heterocycles. The van der Waals surface area contributed by atoms with Crippen molar-refractivity contribution in [2.24, 2.45) is 11.1 Å². The maximum atomic E-state index is 13.4. The highest BCUT2D eigenvalue weighted by Crippen LogP contribution is 2.70. The Morgan fingerprint density at radius 1 is 0.852 bits per heavy atom. The second kappa shape index (κ2) is 7.90. The number of aliphatic hydroxyl groups excluding tert-OH is 2. The number of nitrogens with two attached hydrogens (primary N) is 1. The van der Waals surface area contributed by atoms with Gasteiger partial charge in [-0.25, -0.2) is 0 Å². The summed E-state index contributed by atoms with van der Waals surface area (Å²) in [4.78, 5) is 27.4. The van der Waals surface area contributed by atoms with Crippen LogP contribution in [0.15, 0.2) is 60.7 Å². The fourth-order valence-corrected chi connectivity index (χ4v) is 4.12. The van der Waals surface area contributed by atoms with Crippen molar-refractivity contribution >= 4 is 11.8 Å². The smallest absolute Gasteiger partial charge is 0.239 e. The standard InChI is InChI=1S/C21H24N2O4/c22-19(26)21(20(27)23(11-13-24)12-14-25)17(15-7-3-1-4-8-15)18(21)16-9-5-2-6-10-16/h1-10,17-18,24-25H,11-14H2,(H2,22,26)/t17-,18-/m0/s1. The first-order valence-corrected chi connectivity index (χ1v) is 8.99. The molecule has 27 heavy (non-hydrogen) atoms. The Labute approximate surface area is 158 Å². The normalized spacial score (nSPS) is 23.6. The summed E-state index contributed by atoms with van der Waals surface area (Å²) in [6.07, 6.45) is 0. The summed E-state index contributed by atoms with van der Waals surface area (Å²) >= 11 is 0. The minimum Gasteiger partial charge on any atom is -0.395 e. The molecule has 3 rings (SSSR count). The van der Waals surface area contributed by atoms with Crippen LogP contribution in [0.1, 0.15) is 23.0 Å². The molecule has 2 atom stereocenters. The van der Waals surface area contributed by atoms with E-state index in [4.69, 9.17) is 5.73 Å². The Bertz CT molecular complexity index is 743. The van der Waals surface area contributed by atoms with E-state index in [9.17, 15) is 19.8 Å². The van der Waals surface area contributed by atoms with Gasteiger partial charge in [0.25, 0.3) is 0 Å². The summed E-state index contributed by atoms with van der Waals surface area (Å²) in [5.74, 6) is -1.89. The molecule has 1 aliphatic carbocycles. The van der Waals surface area contributed by atoms with E-state index in [2.05, 4.69) is 0 Å². The summed E-state index contributed by atoms with van der Waals surface area (Å²) in [7, 11) is 0. The number of benzene rings is 2. The number of aliphatic hydroxyl groups is 2. The lowest BCUT2D eigenvalue weighted by atomic mass is 9.94. The van der Waals surface area contributed by atoms with Crippen molar-refractivity contribution in [1.82, 2.24) is 4.90 Å². The molecule has 0 unspecified atom stereocenters. The molecule has 1 saturated carbocycles. The van der Waals surface area contributed by atoms with E-state index >= 15 is 0 Å². The maximum absolute atomic E-state index is 13.4. The Morgan fingerprint density at radius 2 is 1.26 bits per heavy atom. The van der Waals surface area contributed by atoms with Crippen LogP contribution in [0.4, 0.5) is 0 Å². The zero-order valence-electron chi connectivity index (χ0n) is 15.0. The van der Waals surface area contributed by atoms with Crippen LogP contribution in [-0.2, 0) is 9.59 Å². The van der Waals surface area contributed by atoms with Crippen LogP contribution in [0.3, 0.4) is 0 Å². The van der Waals surface area contributed by atoms with Gasteiger partial charge in [0.2, 0.25) is 11.8 Å². The Morgan fingerprint density at radius 3 is 1.59 bits per heavy atom. The zero-order valence-corrected chi connectivity index (χ0v) is 15.0. The van der Waals surface area contributed by atoms with Crippen LogP contribution in [0.5, 0.6) is 0 Å². The van der Waals surface area contributed by atoms with Crippen LogP contribution in [0.25, 0.3) is 0 Å². The van der Waals surface area contributed by atoms with Crippen LogP contribution in [-0.4, -0.2) is 53.2 Å². The molecule has 1 aliphatic rings. The molecule has 0 bridgehead atoms. The van der Waals surface area contributed by atoms with Gasteiger partial charge in [-0.3, -0.25) is 9.59 Å². The number of hydrogen-bond donors (Lipinski definition) is 3. The van der Waals surface area contributed by atoms with Crippen molar-refractivity contribution in [3.63, 3.8) is 0 Å². The van der Waals surface area contributed by atoms with E-state index in [0.717, 1.165) is 11.1 Å². The second-order valence-corrected chi connectivity index (χ2v) is 6.75. The third-order valence-corrected chi connectivity index (χ3v) is 5.31. The van der Waals surface area contributed by atoms with Gasteiger partial charge < -0.3 is 20.8 Å². The van der Waals surface area contributed by atoms with Gasteiger partial charge in [-0.2, -0.15) is 0 Å². The molecular weight excluding hydrogens is 344 g/mol. The first-order valence-electron chi connectivity index (χ1n) is 8.99. The first-order chi connectivity index (χ1) is 13.1. The largest absolute Gasteiger partial charge is 0.395 e. The molecule has 2 amide bonds. The van der Waals surface area contributed by atoms with E-state index < -0.39 is 17.2 Å². The van der Waals surface area contributed by atoms with Crippen molar-refractivity contribution in [2.75, 3.05) is 26.3 Å². The monoisotopic (exact) mass is 368 g/mol. The Balaban J connectivity index is 2.09. The minimum atomic E-state index is -1.42. The van der Waals surface area contributed by atoms with Crippen molar-refractivity contribution in [2.45, 2.75) is 11.8 Å². The molecule has 0 aromatic heterocycles. The molecule has 6 nitrogen and oxygen atoms in total. The van der Waals surface area contributed by atoms with E-state index in [1.807, 2.05) is 60.7 Å². The van der Waals surface area contributed by atoms with Gasteiger partial charge in [-0.1, -0.05) is 60.7 Å². The first kappa shape index (κ1) is 19.1. The molecule has 1 fully saturated rings. The van der Waals surface area contributed by atoms with E-state index in [1.54, 1.807) is 0 Å². The van der Waals surface area contributed by atoms with Crippen LogP contribution >= 0.6 is 0 Å². The van der Waals surface area contributed by atoms with Gasteiger partial charge in [0.15, 0.2) is 0 Å². The van der Waals surface area contributed by atoms with E-state index in [1.165, 1.54) is 4.90 Å². The quantitative estimate of drug-likeness (QED) is 0.601. The molecule has 0 aliphatic heterocycles. The lowest BCUT2D eigenvalue weighted by molar-refractivity contribution is -0.144. The van der Waals surface area contributed by atoms with Gasteiger partial charge in [0.1, 0.15) is 5.41 Å². The van der Waals surface area contributed by atoms with Gasteiger partial charge in [0, 0.05) is 24.9 Å². The van der Waals surface area contributed by atoms with Gasteiger partial charge in [-0.15, -0.1) is 0 Å². The Hall–Kier alpha value is -2.70. The molecule has 142 valence electrons. The highest BCUT2D eigenvalue weighted by atomic mass is 16.3. The fourth-order valence-electron chi connectivity index (χ4n) is 4.12. The lowest BCUT2D eigenvalue weighted by Gasteiger charge is -2.26. The molecule has 2 aromatic carbocycles. The molecule has 2 aromatic rings. The third-order valence-electron chi connectivity index (χ3n) is 5.31. The summed E-state index contributed by atoms with van der Waals surface area (Å²) < 4.78 is 0. The summed E-state index contributed by atoms with van der Waals surface area (Å²) in [5, 5.41) is 18.6. The molecule has 0 saturated heterocycles. The highest BCUT2D eigenvalue weighted by molar-refractivity contribution is 6.11. The highest BCUT2D eigenvalue weighted by Gasteiger charge is 2.75. The number of primary amides is 1. The fraction of sp³-hybridized carbons (Fsp3) is 0.333. The van der Waals surface area contributed by atoms with Crippen molar-refractivity contribution in [3.05, 3.63) is 71.8 Å². The minimum absolute atomic E-state index is 0.0391. The molecular formula is C21H24N2O4. The Kier molecular flexibility index (Phi) is 5.58. The zero-order chi connectivity index (χ0) is 19.4. The van der Waals surface area contributed by atoms with Gasteiger partial charge in [-0.05, 0) is 11.1 Å². The summed E-state index contributed by atoms with van der Waals surface area (Å²) in [6, 6.07) is 18.8. The predicted molar refractivity (Wildman–Crippen MR) is 101 cm³/mol. The molecule has 0 spiro atoms. The van der Waals surface area contributed by atoms with Gasteiger partial charge >= 0.3 is 0 Å². The number of hydrogen-bond acceptors (Lipinski definition) is 4. The summed E-state index contributed by atoms with van der Waals surface area (Å²) in [6.45, 7) is -0.436. The second-order valence-electron chi connectivity index (χ2n) is 6.75. The average Bonchev–Trinajstić information content (AvgIpc) is 3.40. The van der Waals surface area contributed by atoms with Crippen LogP contribution in [0, 0.1) is 5.41 Å². The van der Waals surface area contributed by atoms with Crippen LogP contribution < -0.4 is 5.73 Å².